The Morgan fingerprint density at radius 2 is 1.76 bits per heavy atom. The predicted molar refractivity (Wildman–Crippen MR) is 129 cm³/mol. The molecule has 37 heavy (non-hydrogen) atoms. The zero-order valence-electron chi connectivity index (χ0n) is 20.0. The smallest absolute Gasteiger partial charge is 0.339 e. The molecule has 2 saturated heterocycles. The van der Waals surface area contributed by atoms with Gasteiger partial charge >= 0.3 is 6.18 Å². The van der Waals surface area contributed by atoms with Crippen LogP contribution in [0.4, 0.5) is 18.9 Å². The summed E-state index contributed by atoms with van der Waals surface area (Å²) >= 11 is 0. The van der Waals surface area contributed by atoms with E-state index >= 15 is 0 Å². The highest BCUT2D eigenvalue weighted by Crippen LogP contribution is 2.39. The molecule has 0 atom stereocenters. The molecule has 2 aliphatic rings. The first-order valence-electron chi connectivity index (χ1n) is 12.1. The van der Waals surface area contributed by atoms with Gasteiger partial charge in [0.1, 0.15) is 5.54 Å². The minimum atomic E-state index is -4.43. The lowest BCUT2D eigenvalue weighted by Crippen LogP contribution is -2.57. The number of hydrogen-bond acceptors (Lipinski definition) is 5. The first kappa shape index (κ1) is 24.8. The van der Waals surface area contributed by atoms with Crippen molar-refractivity contribution in [2.24, 2.45) is 0 Å². The molecule has 8 nitrogen and oxygen atoms in total. The Hall–Kier alpha value is -3.89. The van der Waals surface area contributed by atoms with Gasteiger partial charge in [-0.1, -0.05) is 18.2 Å². The fraction of sp³-hybridized carbons (Fsp3) is 0.385. The average Bonchev–Trinajstić information content (AvgIpc) is 3.46. The minimum Gasteiger partial charge on any atom is -0.339 e. The van der Waals surface area contributed by atoms with Gasteiger partial charge in [0.15, 0.2) is 5.78 Å². The van der Waals surface area contributed by atoms with Crippen molar-refractivity contribution in [2.45, 2.75) is 37.4 Å². The summed E-state index contributed by atoms with van der Waals surface area (Å²) in [6.45, 7) is 0.386. The number of amides is 2. The Labute approximate surface area is 211 Å². The minimum absolute atomic E-state index is 0.103. The molecule has 0 aliphatic carbocycles. The van der Waals surface area contributed by atoms with Gasteiger partial charge in [-0.2, -0.15) is 13.2 Å². The third kappa shape index (κ3) is 4.90. The van der Waals surface area contributed by atoms with E-state index in [0.29, 0.717) is 31.5 Å². The molecule has 0 N–H and O–H groups in total. The molecule has 0 unspecified atom stereocenters. The fourth-order valence-corrected chi connectivity index (χ4v) is 5.20. The van der Waals surface area contributed by atoms with Crippen molar-refractivity contribution >= 4 is 28.8 Å². The van der Waals surface area contributed by atoms with Crippen molar-refractivity contribution in [1.82, 2.24) is 19.2 Å². The number of likely N-dealkylation sites (tertiary alicyclic amines) is 1. The summed E-state index contributed by atoms with van der Waals surface area (Å²) in [6, 6.07) is 12.8. The van der Waals surface area contributed by atoms with Gasteiger partial charge in [0.05, 0.1) is 43.2 Å². The van der Waals surface area contributed by atoms with Gasteiger partial charge in [-0.15, -0.1) is 0 Å². The van der Waals surface area contributed by atoms with Crippen LogP contribution in [0.15, 0.2) is 61.2 Å². The number of carbonyl (C=O) groups excluding carboxylic acids is 3. The van der Waals surface area contributed by atoms with E-state index in [4.69, 9.17) is 0 Å². The molecule has 4 heterocycles. The number of halogens is 3. The number of anilines is 1. The van der Waals surface area contributed by atoms with Crippen molar-refractivity contribution in [1.29, 1.82) is 0 Å². The van der Waals surface area contributed by atoms with Crippen LogP contribution in [0.3, 0.4) is 0 Å². The summed E-state index contributed by atoms with van der Waals surface area (Å²) in [5.74, 6) is -1.07. The summed E-state index contributed by atoms with van der Waals surface area (Å²) in [5.41, 5.74) is 1.19. The first-order chi connectivity index (χ1) is 17.7. The van der Waals surface area contributed by atoms with E-state index in [0.717, 1.165) is 11.2 Å². The number of benzene rings is 1. The highest BCUT2D eigenvalue weighted by molar-refractivity contribution is 5.98. The number of para-hydroxylation sites is 1. The molecule has 2 amide bonds. The van der Waals surface area contributed by atoms with E-state index < -0.39 is 30.3 Å². The van der Waals surface area contributed by atoms with Crippen molar-refractivity contribution in [3.63, 3.8) is 0 Å². The van der Waals surface area contributed by atoms with Crippen LogP contribution in [0.2, 0.25) is 0 Å². The molecule has 5 rings (SSSR count). The van der Waals surface area contributed by atoms with Crippen LogP contribution in [0.5, 0.6) is 0 Å². The second kappa shape index (κ2) is 9.53. The molecule has 2 fully saturated rings. The van der Waals surface area contributed by atoms with Crippen molar-refractivity contribution in [2.75, 3.05) is 31.2 Å². The van der Waals surface area contributed by atoms with E-state index in [-0.39, 0.29) is 25.0 Å². The van der Waals surface area contributed by atoms with Gasteiger partial charge in [0, 0.05) is 31.4 Å². The molecule has 1 aromatic carbocycles. The van der Waals surface area contributed by atoms with Crippen molar-refractivity contribution in [3.8, 4) is 0 Å². The third-order valence-corrected chi connectivity index (χ3v) is 7.17. The number of ketones is 1. The predicted octanol–water partition coefficient (Wildman–Crippen LogP) is 3.53. The maximum absolute atomic E-state index is 13.7. The molecule has 2 aliphatic heterocycles. The van der Waals surface area contributed by atoms with Crippen LogP contribution in [-0.2, 0) is 9.59 Å². The highest BCUT2D eigenvalue weighted by Gasteiger charge is 2.54. The molecule has 3 aromatic rings. The Balaban J connectivity index is 1.33. The summed E-state index contributed by atoms with van der Waals surface area (Å²) in [7, 11) is 0. The van der Waals surface area contributed by atoms with Crippen LogP contribution in [-0.4, -0.2) is 74.8 Å². The van der Waals surface area contributed by atoms with E-state index in [1.165, 1.54) is 4.90 Å². The number of nitrogens with zero attached hydrogens (tertiary/aromatic N) is 5. The quantitative estimate of drug-likeness (QED) is 0.504. The van der Waals surface area contributed by atoms with Crippen molar-refractivity contribution < 1.29 is 27.6 Å². The van der Waals surface area contributed by atoms with E-state index in [1.54, 1.807) is 34.1 Å². The highest BCUT2D eigenvalue weighted by atomic mass is 19.4. The number of Topliss-reactive ketones (excluding diaryl/α,β-unsaturated/α-hetero) is 1. The topological polar surface area (TPSA) is 78.2 Å². The molecule has 194 valence electrons. The molecular formula is C26H26F3N5O3. The maximum atomic E-state index is 13.7. The SMILES string of the molecule is O=C(CCC(F)(F)F)CN1CN(c2ccccc2)C2(CCN(C(=O)c3ccc4cncn4c3)CC2)C1=O. The Morgan fingerprint density at radius 3 is 2.46 bits per heavy atom. The van der Waals surface area contributed by atoms with Crippen molar-refractivity contribution in [3.05, 3.63) is 66.7 Å². The van der Waals surface area contributed by atoms with Gasteiger partial charge in [-0.05, 0) is 37.1 Å². The number of carbonyl (C=O) groups is 3. The zero-order valence-corrected chi connectivity index (χ0v) is 20.0. The van der Waals surface area contributed by atoms with Crippen LogP contribution >= 0.6 is 0 Å². The lowest BCUT2D eigenvalue weighted by atomic mass is 9.85. The van der Waals surface area contributed by atoms with Gasteiger partial charge in [-0.25, -0.2) is 4.98 Å². The van der Waals surface area contributed by atoms with Crippen LogP contribution < -0.4 is 4.90 Å². The number of rotatable bonds is 6. The normalized spacial score (nSPS) is 17.7. The number of hydrogen-bond donors (Lipinski definition) is 0. The maximum Gasteiger partial charge on any atom is 0.389 e. The molecule has 1 spiro atoms. The molecule has 0 bridgehead atoms. The second-order valence-corrected chi connectivity index (χ2v) is 9.53. The molecule has 11 heteroatoms. The van der Waals surface area contributed by atoms with Crippen LogP contribution in [0, 0.1) is 0 Å². The molecule has 0 saturated carbocycles. The second-order valence-electron chi connectivity index (χ2n) is 9.53. The van der Waals surface area contributed by atoms with Gasteiger partial charge in [0.25, 0.3) is 5.91 Å². The fourth-order valence-electron chi connectivity index (χ4n) is 5.20. The summed E-state index contributed by atoms with van der Waals surface area (Å²) in [5, 5.41) is 0. The van der Waals surface area contributed by atoms with E-state index in [9.17, 15) is 27.6 Å². The standard InChI is InChI=1S/C26H26F3N5O3/c27-26(28,29)9-8-22(35)16-33-18-34(20-4-2-1-3-5-20)25(24(33)37)10-12-31(13-11-25)23(36)19-6-7-21-14-30-17-32(21)15-19/h1-7,14-15,17H,8-13,16,18H2. The van der Waals surface area contributed by atoms with Gasteiger partial charge < -0.3 is 19.1 Å². The van der Waals surface area contributed by atoms with Crippen LogP contribution in [0.1, 0.15) is 36.0 Å². The first-order valence-corrected chi connectivity index (χ1v) is 12.1. The largest absolute Gasteiger partial charge is 0.389 e. The Bertz CT molecular complexity index is 1320. The number of piperidine rings is 1. The summed E-state index contributed by atoms with van der Waals surface area (Å²) in [4.78, 5) is 48.2. The van der Waals surface area contributed by atoms with Gasteiger partial charge in [-0.3, -0.25) is 14.4 Å². The third-order valence-electron chi connectivity index (χ3n) is 7.17. The lowest BCUT2D eigenvalue weighted by Gasteiger charge is -2.43. The van der Waals surface area contributed by atoms with E-state index in [1.807, 2.05) is 41.3 Å². The number of fused-ring (bicyclic) bond motifs is 1. The summed E-state index contributed by atoms with van der Waals surface area (Å²) in [6.07, 6.45) is -0.568. The molecule has 0 radical (unpaired) electrons. The molecule has 2 aromatic heterocycles. The number of pyridine rings is 1. The number of aromatic nitrogens is 2. The monoisotopic (exact) mass is 513 g/mol. The number of imidazole rings is 1. The van der Waals surface area contributed by atoms with Gasteiger partial charge in [0.2, 0.25) is 5.91 Å². The Morgan fingerprint density at radius 1 is 1.03 bits per heavy atom. The van der Waals surface area contributed by atoms with E-state index in [2.05, 4.69) is 4.98 Å². The molecular weight excluding hydrogens is 487 g/mol. The van der Waals surface area contributed by atoms with Crippen LogP contribution in [0.25, 0.3) is 5.52 Å². The Kier molecular flexibility index (Phi) is 6.38. The zero-order chi connectivity index (χ0) is 26.2. The summed E-state index contributed by atoms with van der Waals surface area (Å²) < 4.78 is 39.5. The lowest BCUT2D eigenvalue weighted by molar-refractivity contribution is -0.145. The average molecular weight is 514 g/mol. The number of alkyl halides is 3.